The minimum absolute atomic E-state index is 0.113. The third-order valence-corrected chi connectivity index (χ3v) is 6.81. The summed E-state index contributed by atoms with van der Waals surface area (Å²) in [6.45, 7) is 2.48. The van der Waals surface area contributed by atoms with Gasteiger partial charge in [0.15, 0.2) is 0 Å². The summed E-state index contributed by atoms with van der Waals surface area (Å²) in [7, 11) is -3.70. The monoisotopic (exact) mass is 435 g/mol. The standard InChI is InChI=1S/C24H25N3O3S/c28-24(25-17-19-15-16-27(18-19)22-9-5-2-6-10-22)20-11-13-23(14-12-20)31(29,30)26-21-7-3-1-4-8-21/h1-14,19,26H,15-18H2,(H,25,28). The molecule has 0 radical (unpaired) electrons. The summed E-state index contributed by atoms with van der Waals surface area (Å²) in [4.78, 5) is 15.0. The van der Waals surface area contributed by atoms with Crippen molar-refractivity contribution < 1.29 is 13.2 Å². The molecule has 3 aromatic rings. The van der Waals surface area contributed by atoms with E-state index in [4.69, 9.17) is 0 Å². The van der Waals surface area contributed by atoms with Gasteiger partial charge >= 0.3 is 0 Å². The van der Waals surface area contributed by atoms with Gasteiger partial charge in [-0.1, -0.05) is 36.4 Å². The predicted molar refractivity (Wildman–Crippen MR) is 123 cm³/mol. The highest BCUT2D eigenvalue weighted by atomic mass is 32.2. The molecule has 3 aromatic carbocycles. The van der Waals surface area contributed by atoms with Crippen LogP contribution in [-0.4, -0.2) is 34.0 Å². The van der Waals surface area contributed by atoms with E-state index in [9.17, 15) is 13.2 Å². The minimum atomic E-state index is -3.70. The van der Waals surface area contributed by atoms with Gasteiger partial charge in [0.1, 0.15) is 0 Å². The number of hydrogen-bond donors (Lipinski definition) is 2. The van der Waals surface area contributed by atoms with E-state index in [-0.39, 0.29) is 10.8 Å². The summed E-state index contributed by atoms with van der Waals surface area (Å²) in [6, 6.07) is 25.0. The Bertz CT molecular complexity index is 1120. The first-order valence-electron chi connectivity index (χ1n) is 10.3. The van der Waals surface area contributed by atoms with E-state index >= 15 is 0 Å². The molecule has 1 heterocycles. The largest absolute Gasteiger partial charge is 0.371 e. The Kier molecular flexibility index (Phi) is 6.23. The fourth-order valence-corrected chi connectivity index (χ4v) is 4.78. The molecule has 0 bridgehead atoms. The molecule has 1 saturated heterocycles. The van der Waals surface area contributed by atoms with Gasteiger partial charge in [-0.3, -0.25) is 9.52 Å². The van der Waals surface area contributed by atoms with E-state index in [2.05, 4.69) is 27.1 Å². The quantitative estimate of drug-likeness (QED) is 0.593. The van der Waals surface area contributed by atoms with Gasteiger partial charge in [0.25, 0.3) is 15.9 Å². The van der Waals surface area contributed by atoms with E-state index in [0.29, 0.717) is 23.7 Å². The zero-order valence-electron chi connectivity index (χ0n) is 17.1. The molecule has 0 spiro atoms. The van der Waals surface area contributed by atoms with Crippen molar-refractivity contribution in [1.82, 2.24) is 5.32 Å². The zero-order chi connectivity index (χ0) is 21.7. The fourth-order valence-electron chi connectivity index (χ4n) is 3.72. The van der Waals surface area contributed by atoms with Crippen molar-refractivity contribution >= 4 is 27.3 Å². The Morgan fingerprint density at radius 3 is 2.23 bits per heavy atom. The Morgan fingerprint density at radius 2 is 1.55 bits per heavy atom. The number of anilines is 2. The average molecular weight is 436 g/mol. The zero-order valence-corrected chi connectivity index (χ0v) is 17.9. The van der Waals surface area contributed by atoms with Crippen molar-refractivity contribution in [2.75, 3.05) is 29.3 Å². The Hall–Kier alpha value is -3.32. The van der Waals surface area contributed by atoms with Gasteiger partial charge in [0.05, 0.1) is 4.90 Å². The minimum Gasteiger partial charge on any atom is -0.371 e. The Morgan fingerprint density at radius 1 is 0.903 bits per heavy atom. The molecule has 0 saturated carbocycles. The maximum absolute atomic E-state index is 12.5. The van der Waals surface area contributed by atoms with E-state index in [0.717, 1.165) is 19.5 Å². The first-order chi connectivity index (χ1) is 15.0. The third kappa shape index (κ3) is 5.24. The van der Waals surface area contributed by atoms with Crippen LogP contribution in [0, 0.1) is 5.92 Å². The topological polar surface area (TPSA) is 78.5 Å². The van der Waals surface area contributed by atoms with Gasteiger partial charge in [-0.2, -0.15) is 0 Å². The normalized spacial score (nSPS) is 16.1. The Labute approximate surface area is 183 Å². The molecule has 1 fully saturated rings. The second kappa shape index (κ2) is 9.22. The number of carbonyl (C=O) groups is 1. The molecule has 160 valence electrons. The number of sulfonamides is 1. The lowest BCUT2D eigenvalue weighted by Crippen LogP contribution is -2.31. The fraction of sp³-hybridized carbons (Fsp3) is 0.208. The van der Waals surface area contributed by atoms with Crippen LogP contribution in [0.2, 0.25) is 0 Å². The molecule has 0 aromatic heterocycles. The van der Waals surface area contributed by atoms with Crippen LogP contribution in [0.5, 0.6) is 0 Å². The van der Waals surface area contributed by atoms with Crippen LogP contribution in [-0.2, 0) is 10.0 Å². The second-order valence-corrected chi connectivity index (χ2v) is 9.32. The molecule has 31 heavy (non-hydrogen) atoms. The molecule has 6 nitrogen and oxygen atoms in total. The predicted octanol–water partition coefficient (Wildman–Crippen LogP) is 3.74. The van der Waals surface area contributed by atoms with Gasteiger partial charge < -0.3 is 10.2 Å². The van der Waals surface area contributed by atoms with E-state index in [1.807, 2.05) is 24.3 Å². The summed E-state index contributed by atoms with van der Waals surface area (Å²) in [5.41, 5.74) is 2.14. The molecule has 7 heteroatoms. The lowest BCUT2D eigenvalue weighted by atomic mass is 10.1. The van der Waals surface area contributed by atoms with Gasteiger partial charge in [-0.15, -0.1) is 0 Å². The highest BCUT2D eigenvalue weighted by molar-refractivity contribution is 7.92. The van der Waals surface area contributed by atoms with E-state index in [1.165, 1.54) is 17.8 Å². The maximum atomic E-state index is 12.5. The third-order valence-electron chi connectivity index (χ3n) is 5.41. The summed E-state index contributed by atoms with van der Waals surface area (Å²) >= 11 is 0. The van der Waals surface area contributed by atoms with Crippen LogP contribution in [0.4, 0.5) is 11.4 Å². The SMILES string of the molecule is O=C(NCC1CCN(c2ccccc2)C1)c1ccc(S(=O)(=O)Nc2ccccc2)cc1. The van der Waals surface area contributed by atoms with Crippen molar-refractivity contribution in [2.24, 2.45) is 5.92 Å². The van der Waals surface area contributed by atoms with Crippen LogP contribution < -0.4 is 14.9 Å². The highest BCUT2D eigenvalue weighted by Gasteiger charge is 2.23. The summed E-state index contributed by atoms with van der Waals surface area (Å²) in [5.74, 6) is 0.192. The first-order valence-corrected chi connectivity index (χ1v) is 11.8. The van der Waals surface area contributed by atoms with Crippen LogP contribution in [0.25, 0.3) is 0 Å². The smallest absolute Gasteiger partial charge is 0.261 e. The van der Waals surface area contributed by atoms with Gasteiger partial charge in [0, 0.05) is 36.6 Å². The number of carbonyl (C=O) groups excluding carboxylic acids is 1. The summed E-state index contributed by atoms with van der Waals surface area (Å²) in [6.07, 6.45) is 1.03. The number of benzene rings is 3. The number of nitrogens with one attached hydrogen (secondary N) is 2. The van der Waals surface area contributed by atoms with E-state index < -0.39 is 10.0 Å². The molecule has 1 amide bonds. The second-order valence-electron chi connectivity index (χ2n) is 7.64. The number of rotatable bonds is 7. The van der Waals surface area contributed by atoms with Crippen molar-refractivity contribution in [1.29, 1.82) is 0 Å². The van der Waals surface area contributed by atoms with E-state index in [1.54, 1.807) is 36.4 Å². The van der Waals surface area contributed by atoms with Gasteiger partial charge in [0.2, 0.25) is 0 Å². The molecule has 1 aliphatic heterocycles. The number of hydrogen-bond acceptors (Lipinski definition) is 4. The molecule has 0 aliphatic carbocycles. The van der Waals surface area contributed by atoms with Gasteiger partial charge in [-0.25, -0.2) is 8.42 Å². The average Bonchev–Trinajstić information content (AvgIpc) is 3.28. The molecule has 1 aliphatic rings. The lowest BCUT2D eigenvalue weighted by molar-refractivity contribution is 0.0948. The van der Waals surface area contributed by atoms with Crippen LogP contribution in [0.3, 0.4) is 0 Å². The molecular formula is C24H25N3O3S. The molecular weight excluding hydrogens is 410 g/mol. The summed E-state index contributed by atoms with van der Waals surface area (Å²) in [5, 5.41) is 2.98. The maximum Gasteiger partial charge on any atom is 0.261 e. The number of para-hydroxylation sites is 2. The van der Waals surface area contributed by atoms with Crippen molar-refractivity contribution in [2.45, 2.75) is 11.3 Å². The van der Waals surface area contributed by atoms with Crippen molar-refractivity contribution in [3.8, 4) is 0 Å². The molecule has 4 rings (SSSR count). The molecule has 2 N–H and O–H groups in total. The van der Waals surface area contributed by atoms with Crippen LogP contribution in [0.15, 0.2) is 89.8 Å². The van der Waals surface area contributed by atoms with Crippen molar-refractivity contribution in [3.05, 3.63) is 90.5 Å². The number of nitrogens with zero attached hydrogens (tertiary/aromatic N) is 1. The molecule has 1 unspecified atom stereocenters. The highest BCUT2D eigenvalue weighted by Crippen LogP contribution is 2.23. The van der Waals surface area contributed by atoms with Gasteiger partial charge in [-0.05, 0) is 60.9 Å². The van der Waals surface area contributed by atoms with Crippen LogP contribution in [0.1, 0.15) is 16.8 Å². The van der Waals surface area contributed by atoms with Crippen molar-refractivity contribution in [3.63, 3.8) is 0 Å². The first kappa shape index (κ1) is 20.9. The van der Waals surface area contributed by atoms with Crippen LogP contribution >= 0.6 is 0 Å². The number of amides is 1. The Balaban J connectivity index is 1.31. The summed E-state index contributed by atoms with van der Waals surface area (Å²) < 4.78 is 27.6. The molecule has 1 atom stereocenters. The lowest BCUT2D eigenvalue weighted by Gasteiger charge is -2.18.